The van der Waals surface area contributed by atoms with Crippen molar-refractivity contribution < 1.29 is 9.21 Å². The molecule has 3 aromatic rings. The molecule has 128 valence electrons. The second kappa shape index (κ2) is 6.93. The first-order chi connectivity index (χ1) is 12.3. The number of fused-ring (bicyclic) bond motifs is 1. The summed E-state index contributed by atoms with van der Waals surface area (Å²) >= 11 is 0. The van der Waals surface area contributed by atoms with Crippen LogP contribution in [0.25, 0.3) is 11.2 Å². The fourth-order valence-corrected chi connectivity index (χ4v) is 3.09. The maximum Gasteiger partial charge on any atom is 0.300 e. The van der Waals surface area contributed by atoms with Gasteiger partial charge in [0, 0.05) is 38.8 Å². The molecule has 1 aromatic carbocycles. The maximum absolute atomic E-state index is 12.4. The summed E-state index contributed by atoms with van der Waals surface area (Å²) in [5, 5.41) is 0. The molecule has 1 amide bonds. The van der Waals surface area contributed by atoms with Gasteiger partial charge in [0.2, 0.25) is 11.6 Å². The molecule has 3 heterocycles. The van der Waals surface area contributed by atoms with Crippen molar-refractivity contribution in [2.45, 2.75) is 12.8 Å². The Morgan fingerprint density at radius 1 is 1.04 bits per heavy atom. The van der Waals surface area contributed by atoms with E-state index < -0.39 is 0 Å². The lowest BCUT2D eigenvalue weighted by molar-refractivity contribution is -0.131. The largest absolute Gasteiger partial charge is 0.422 e. The number of amides is 1. The van der Waals surface area contributed by atoms with Crippen LogP contribution in [0.5, 0.6) is 0 Å². The molecule has 0 atom stereocenters. The number of nitrogens with zero attached hydrogens (tertiary/aromatic N) is 4. The van der Waals surface area contributed by atoms with E-state index >= 15 is 0 Å². The van der Waals surface area contributed by atoms with Crippen molar-refractivity contribution in [3.8, 4) is 0 Å². The van der Waals surface area contributed by atoms with Gasteiger partial charge in [0.05, 0.1) is 0 Å². The highest BCUT2D eigenvalue weighted by Gasteiger charge is 2.23. The summed E-state index contributed by atoms with van der Waals surface area (Å²) in [5.74, 6) is 0.211. The zero-order chi connectivity index (χ0) is 17.1. The lowest BCUT2D eigenvalue weighted by Gasteiger charge is -2.33. The topological polar surface area (TPSA) is 62.5 Å². The van der Waals surface area contributed by atoms with Gasteiger partial charge >= 0.3 is 0 Å². The third-order valence-electron chi connectivity index (χ3n) is 4.53. The summed E-state index contributed by atoms with van der Waals surface area (Å²) < 4.78 is 5.76. The van der Waals surface area contributed by atoms with Crippen molar-refractivity contribution in [2.75, 3.05) is 31.1 Å². The molecule has 25 heavy (non-hydrogen) atoms. The fourth-order valence-electron chi connectivity index (χ4n) is 3.09. The highest BCUT2D eigenvalue weighted by atomic mass is 16.4. The Morgan fingerprint density at radius 2 is 1.84 bits per heavy atom. The van der Waals surface area contributed by atoms with Gasteiger partial charge in [-0.2, -0.15) is 4.98 Å². The predicted octanol–water partition coefficient (Wildman–Crippen LogP) is 2.50. The molecule has 0 unspecified atom stereocenters. The maximum atomic E-state index is 12.4. The minimum atomic E-state index is 0.211. The van der Waals surface area contributed by atoms with Gasteiger partial charge in [-0.15, -0.1) is 0 Å². The molecule has 1 fully saturated rings. The van der Waals surface area contributed by atoms with Crippen molar-refractivity contribution >= 4 is 23.2 Å². The first kappa shape index (κ1) is 15.6. The van der Waals surface area contributed by atoms with Crippen LogP contribution < -0.4 is 4.90 Å². The number of carbonyl (C=O) groups is 1. The molecule has 0 N–H and O–H groups in total. The van der Waals surface area contributed by atoms with Gasteiger partial charge in [-0.3, -0.25) is 4.79 Å². The summed E-state index contributed by atoms with van der Waals surface area (Å²) in [6.45, 7) is 2.84. The van der Waals surface area contributed by atoms with Crippen LogP contribution in [-0.4, -0.2) is 47.0 Å². The van der Waals surface area contributed by atoms with Crippen LogP contribution in [0.1, 0.15) is 12.0 Å². The molecule has 6 nitrogen and oxygen atoms in total. The number of hydrogen-bond donors (Lipinski definition) is 0. The standard InChI is InChI=1S/C19H20N4O2/c24-17(9-8-15-5-2-1-3-6-15)22-11-13-23(14-12-22)19-21-18-16(25-19)7-4-10-20-18/h1-7,10H,8-9,11-14H2. The van der Waals surface area contributed by atoms with Crippen molar-refractivity contribution in [1.29, 1.82) is 0 Å². The van der Waals surface area contributed by atoms with Gasteiger partial charge in [0.15, 0.2) is 5.58 Å². The van der Waals surface area contributed by atoms with Crippen LogP contribution in [0.15, 0.2) is 53.1 Å². The molecule has 0 spiro atoms. The highest BCUT2D eigenvalue weighted by Crippen LogP contribution is 2.21. The summed E-state index contributed by atoms with van der Waals surface area (Å²) in [6.07, 6.45) is 3.05. The minimum Gasteiger partial charge on any atom is -0.422 e. The number of aromatic nitrogens is 2. The lowest BCUT2D eigenvalue weighted by Crippen LogP contribution is -2.49. The van der Waals surface area contributed by atoms with E-state index in [-0.39, 0.29) is 5.91 Å². The van der Waals surface area contributed by atoms with E-state index in [1.807, 2.05) is 35.2 Å². The molecule has 1 aliphatic heterocycles. The van der Waals surface area contributed by atoms with Gasteiger partial charge in [-0.1, -0.05) is 30.3 Å². The molecule has 0 saturated carbocycles. The second-order valence-corrected chi connectivity index (χ2v) is 6.18. The van der Waals surface area contributed by atoms with E-state index in [9.17, 15) is 4.79 Å². The second-order valence-electron chi connectivity index (χ2n) is 6.18. The van der Waals surface area contributed by atoms with Gasteiger partial charge in [-0.25, -0.2) is 4.98 Å². The number of benzene rings is 1. The van der Waals surface area contributed by atoms with Gasteiger partial charge in [0.1, 0.15) is 0 Å². The lowest BCUT2D eigenvalue weighted by atomic mass is 10.1. The van der Waals surface area contributed by atoms with E-state index in [1.165, 1.54) is 5.56 Å². The number of anilines is 1. The van der Waals surface area contributed by atoms with Gasteiger partial charge in [0.25, 0.3) is 6.01 Å². The number of aryl methyl sites for hydroxylation is 1. The molecule has 0 aliphatic carbocycles. The SMILES string of the molecule is O=C(CCc1ccccc1)N1CCN(c2nc3ncccc3o2)CC1. The molecule has 1 aliphatic rings. The van der Waals surface area contributed by atoms with E-state index in [0.29, 0.717) is 36.8 Å². The first-order valence-electron chi connectivity index (χ1n) is 8.58. The Labute approximate surface area is 146 Å². The minimum absolute atomic E-state index is 0.211. The molecule has 0 radical (unpaired) electrons. The smallest absolute Gasteiger partial charge is 0.300 e. The summed E-state index contributed by atoms with van der Waals surface area (Å²) in [7, 11) is 0. The zero-order valence-electron chi connectivity index (χ0n) is 14.0. The normalized spacial score (nSPS) is 14.9. The van der Waals surface area contributed by atoms with E-state index in [1.54, 1.807) is 6.20 Å². The van der Waals surface area contributed by atoms with Crippen molar-refractivity contribution in [3.63, 3.8) is 0 Å². The van der Waals surface area contributed by atoms with Crippen LogP contribution in [0, 0.1) is 0 Å². The summed E-state index contributed by atoms with van der Waals surface area (Å²) in [4.78, 5) is 25.0. The Hall–Kier alpha value is -2.89. The number of carbonyl (C=O) groups excluding carboxylic acids is 1. The first-order valence-corrected chi connectivity index (χ1v) is 8.58. The predicted molar refractivity (Wildman–Crippen MR) is 95.4 cm³/mol. The van der Waals surface area contributed by atoms with Crippen LogP contribution >= 0.6 is 0 Å². The zero-order valence-corrected chi connectivity index (χ0v) is 14.0. The summed E-state index contributed by atoms with van der Waals surface area (Å²) in [5.41, 5.74) is 2.52. The average molecular weight is 336 g/mol. The van der Waals surface area contributed by atoms with Crippen molar-refractivity contribution in [3.05, 3.63) is 54.2 Å². The fraction of sp³-hybridized carbons (Fsp3) is 0.316. The number of rotatable bonds is 4. The van der Waals surface area contributed by atoms with E-state index in [2.05, 4.69) is 27.0 Å². The molecule has 4 rings (SSSR count). The molecule has 6 heteroatoms. The van der Waals surface area contributed by atoms with Gasteiger partial charge in [-0.05, 0) is 24.1 Å². The van der Waals surface area contributed by atoms with Crippen molar-refractivity contribution in [1.82, 2.24) is 14.9 Å². The van der Waals surface area contributed by atoms with Crippen molar-refractivity contribution in [2.24, 2.45) is 0 Å². The Morgan fingerprint density at radius 3 is 2.60 bits per heavy atom. The third kappa shape index (κ3) is 3.47. The number of hydrogen-bond acceptors (Lipinski definition) is 5. The highest BCUT2D eigenvalue weighted by molar-refractivity contribution is 5.77. The summed E-state index contributed by atoms with van der Waals surface area (Å²) in [6, 6.07) is 14.4. The monoisotopic (exact) mass is 336 g/mol. The molecule has 2 aromatic heterocycles. The Bertz CT molecular complexity index is 821. The Kier molecular flexibility index (Phi) is 4.33. The molecule has 0 bridgehead atoms. The van der Waals surface area contributed by atoms with Crippen LogP contribution in [0.2, 0.25) is 0 Å². The van der Waals surface area contributed by atoms with Crippen LogP contribution in [-0.2, 0) is 11.2 Å². The van der Waals surface area contributed by atoms with E-state index in [0.717, 1.165) is 19.5 Å². The number of piperazine rings is 1. The molecular weight excluding hydrogens is 316 g/mol. The number of oxazole rings is 1. The number of pyridine rings is 1. The molecule has 1 saturated heterocycles. The van der Waals surface area contributed by atoms with Gasteiger partial charge < -0.3 is 14.2 Å². The average Bonchev–Trinajstić information content (AvgIpc) is 3.11. The molecular formula is C19H20N4O2. The van der Waals surface area contributed by atoms with E-state index in [4.69, 9.17) is 4.42 Å². The third-order valence-corrected chi connectivity index (χ3v) is 4.53. The van der Waals surface area contributed by atoms with Crippen LogP contribution in [0.3, 0.4) is 0 Å². The quantitative estimate of drug-likeness (QED) is 0.732. The Balaban J connectivity index is 1.32. The van der Waals surface area contributed by atoms with Crippen LogP contribution in [0.4, 0.5) is 6.01 Å².